The third-order valence-corrected chi connectivity index (χ3v) is 9.42. The molecule has 1 saturated carbocycles. The van der Waals surface area contributed by atoms with Crippen LogP contribution < -0.4 is 25.6 Å². The molecule has 0 spiro atoms. The topological polar surface area (TPSA) is 95.7 Å². The summed E-state index contributed by atoms with van der Waals surface area (Å²) < 4.78 is 7.42. The summed E-state index contributed by atoms with van der Waals surface area (Å²) in [7, 11) is 4.26. The van der Waals surface area contributed by atoms with Crippen LogP contribution in [0.15, 0.2) is 28.7 Å². The molecule has 9 nitrogen and oxygen atoms in total. The number of ether oxygens (including phenoxy) is 1. The van der Waals surface area contributed by atoms with Gasteiger partial charge in [0.15, 0.2) is 0 Å². The molecule has 3 aliphatic heterocycles. The van der Waals surface area contributed by atoms with Gasteiger partial charge < -0.3 is 30.5 Å². The van der Waals surface area contributed by atoms with Crippen LogP contribution in [0.4, 0.5) is 17.5 Å². The maximum atomic E-state index is 6.40. The van der Waals surface area contributed by atoms with Crippen molar-refractivity contribution in [3.63, 3.8) is 0 Å². The number of piperazine rings is 1. The lowest BCUT2D eigenvalue weighted by molar-refractivity contribution is 0.182. The first-order chi connectivity index (χ1) is 18.9. The van der Waals surface area contributed by atoms with Crippen LogP contribution in [-0.2, 0) is 13.0 Å². The van der Waals surface area contributed by atoms with Crippen LogP contribution in [0.1, 0.15) is 36.9 Å². The number of pyridine rings is 1. The van der Waals surface area contributed by atoms with E-state index in [1.807, 2.05) is 12.1 Å². The standard InChI is InChI=1S/C29H37BrN8O/c1-36(2)16-29(9-10-29)17-39-28-33-23-15-37(27-25-18(12-24(31)34-27)4-3-5-22(25)30)11-8-21(23)26(35-28)38-13-19-6-7-20(14-38)32-19/h3-5,12,19-20,32H,6-11,13-17H2,1-2H3,(H2,31,34). The van der Waals surface area contributed by atoms with Crippen molar-refractivity contribution in [1.29, 1.82) is 0 Å². The van der Waals surface area contributed by atoms with Gasteiger partial charge in [0.1, 0.15) is 17.5 Å². The van der Waals surface area contributed by atoms with Crippen molar-refractivity contribution in [2.45, 2.75) is 50.7 Å². The maximum absolute atomic E-state index is 6.40. The number of hydrogen-bond acceptors (Lipinski definition) is 9. The third-order valence-electron chi connectivity index (χ3n) is 8.76. The highest BCUT2D eigenvalue weighted by atomic mass is 79.9. The van der Waals surface area contributed by atoms with Crippen molar-refractivity contribution in [3.05, 3.63) is 40.0 Å². The molecule has 2 atom stereocenters. The minimum atomic E-state index is 0.222. The Bertz CT molecular complexity index is 1400. The Hall–Kier alpha value is -2.69. The van der Waals surface area contributed by atoms with E-state index >= 15 is 0 Å². The summed E-state index contributed by atoms with van der Waals surface area (Å²) in [5.74, 6) is 2.49. The van der Waals surface area contributed by atoms with E-state index in [1.54, 1.807) is 0 Å². The molecule has 0 amide bonds. The summed E-state index contributed by atoms with van der Waals surface area (Å²) >= 11 is 3.76. The lowest BCUT2D eigenvalue weighted by Crippen LogP contribution is -2.52. The number of rotatable bonds is 7. The van der Waals surface area contributed by atoms with Gasteiger partial charge in [0.25, 0.3) is 0 Å². The highest BCUT2D eigenvalue weighted by Gasteiger charge is 2.44. The smallest absolute Gasteiger partial charge is 0.318 e. The van der Waals surface area contributed by atoms with Gasteiger partial charge in [0, 0.05) is 59.1 Å². The van der Waals surface area contributed by atoms with Crippen LogP contribution in [0, 0.1) is 5.41 Å². The molecule has 2 aromatic heterocycles. The van der Waals surface area contributed by atoms with Gasteiger partial charge in [0.2, 0.25) is 0 Å². The molecule has 3 aromatic rings. The summed E-state index contributed by atoms with van der Waals surface area (Å²) in [6.45, 7) is 5.15. The Morgan fingerprint density at radius 2 is 1.90 bits per heavy atom. The van der Waals surface area contributed by atoms with Gasteiger partial charge in [-0.05, 0) is 63.7 Å². The van der Waals surface area contributed by atoms with Crippen molar-refractivity contribution >= 4 is 44.2 Å². The Kier molecular flexibility index (Phi) is 6.32. The number of aromatic nitrogens is 3. The molecule has 3 fully saturated rings. The van der Waals surface area contributed by atoms with E-state index in [9.17, 15) is 0 Å². The minimum Gasteiger partial charge on any atom is -0.463 e. The number of nitrogen functional groups attached to an aromatic ring is 1. The zero-order valence-electron chi connectivity index (χ0n) is 22.8. The van der Waals surface area contributed by atoms with Crippen LogP contribution in [0.25, 0.3) is 10.8 Å². The molecule has 2 bridgehead atoms. The molecule has 3 N–H and O–H groups in total. The Balaban J connectivity index is 1.24. The second kappa shape index (κ2) is 9.74. The fourth-order valence-corrected chi connectivity index (χ4v) is 7.33. The van der Waals surface area contributed by atoms with Crippen LogP contribution in [0.5, 0.6) is 6.01 Å². The number of hydrogen-bond donors (Lipinski definition) is 2. The Morgan fingerprint density at radius 1 is 1.10 bits per heavy atom. The third kappa shape index (κ3) is 4.91. The van der Waals surface area contributed by atoms with E-state index in [2.05, 4.69) is 62.2 Å². The average Bonchev–Trinajstić information content (AvgIpc) is 3.59. The molecule has 0 radical (unpaired) electrons. The second-order valence-electron chi connectivity index (χ2n) is 12.2. The number of anilines is 3. The van der Waals surface area contributed by atoms with E-state index in [0.29, 0.717) is 37.1 Å². The van der Waals surface area contributed by atoms with Gasteiger partial charge in [0.05, 0.1) is 18.8 Å². The lowest BCUT2D eigenvalue weighted by atomic mass is 10.0. The van der Waals surface area contributed by atoms with Crippen molar-refractivity contribution in [2.75, 3.05) is 62.4 Å². The van der Waals surface area contributed by atoms with Crippen molar-refractivity contribution in [3.8, 4) is 6.01 Å². The highest BCUT2D eigenvalue weighted by Crippen LogP contribution is 2.46. The zero-order chi connectivity index (χ0) is 26.7. The van der Waals surface area contributed by atoms with Gasteiger partial charge in [-0.25, -0.2) is 4.98 Å². The Labute approximate surface area is 238 Å². The first kappa shape index (κ1) is 25.3. The molecule has 1 aromatic carbocycles. The highest BCUT2D eigenvalue weighted by molar-refractivity contribution is 9.10. The number of fused-ring (bicyclic) bond motifs is 4. The van der Waals surface area contributed by atoms with E-state index in [1.165, 1.54) is 31.2 Å². The number of nitrogens with two attached hydrogens (primary N) is 1. The van der Waals surface area contributed by atoms with Gasteiger partial charge in [-0.15, -0.1) is 0 Å². The monoisotopic (exact) mass is 592 g/mol. The first-order valence-corrected chi connectivity index (χ1v) is 14.9. The van der Waals surface area contributed by atoms with Gasteiger partial charge in [-0.3, -0.25) is 0 Å². The van der Waals surface area contributed by atoms with Gasteiger partial charge >= 0.3 is 6.01 Å². The molecule has 10 heteroatoms. The van der Waals surface area contributed by atoms with Crippen molar-refractivity contribution < 1.29 is 4.74 Å². The summed E-state index contributed by atoms with van der Waals surface area (Å²) in [6, 6.07) is 9.71. The van der Waals surface area contributed by atoms with Crippen LogP contribution in [0.2, 0.25) is 0 Å². The SMILES string of the molecule is CN(C)CC1(COc2nc3c(c(N4CC5CCC(C4)N5)n2)CCN(c2nc(N)cc4cccc(Br)c24)C3)CC1. The Morgan fingerprint density at radius 3 is 2.64 bits per heavy atom. The molecule has 206 valence electrons. The number of nitrogens with one attached hydrogen (secondary N) is 1. The van der Waals surface area contributed by atoms with Crippen molar-refractivity contribution in [1.82, 2.24) is 25.2 Å². The first-order valence-electron chi connectivity index (χ1n) is 14.1. The normalized spacial score (nSPS) is 23.4. The maximum Gasteiger partial charge on any atom is 0.318 e. The van der Waals surface area contributed by atoms with E-state index in [-0.39, 0.29) is 5.41 Å². The summed E-state index contributed by atoms with van der Waals surface area (Å²) in [5.41, 5.74) is 8.77. The lowest BCUT2D eigenvalue weighted by Gasteiger charge is -2.37. The fourth-order valence-electron chi connectivity index (χ4n) is 6.77. The van der Waals surface area contributed by atoms with Gasteiger partial charge in [-0.1, -0.05) is 28.1 Å². The van der Waals surface area contributed by atoms with E-state index in [4.69, 9.17) is 25.4 Å². The molecule has 5 heterocycles. The average molecular weight is 594 g/mol. The largest absolute Gasteiger partial charge is 0.463 e. The van der Waals surface area contributed by atoms with E-state index < -0.39 is 0 Å². The fraction of sp³-hybridized carbons (Fsp3) is 0.552. The number of benzene rings is 1. The molecule has 4 aliphatic rings. The molecular weight excluding hydrogens is 556 g/mol. The molecule has 2 saturated heterocycles. The number of halogens is 1. The van der Waals surface area contributed by atoms with Crippen molar-refractivity contribution in [2.24, 2.45) is 5.41 Å². The van der Waals surface area contributed by atoms with E-state index in [0.717, 1.165) is 65.2 Å². The second-order valence-corrected chi connectivity index (χ2v) is 13.1. The predicted octanol–water partition coefficient (Wildman–Crippen LogP) is 3.59. The summed E-state index contributed by atoms with van der Waals surface area (Å²) in [5, 5.41) is 5.92. The summed E-state index contributed by atoms with van der Waals surface area (Å²) in [4.78, 5) is 22.0. The van der Waals surface area contributed by atoms with Gasteiger partial charge in [-0.2, -0.15) is 9.97 Å². The molecular formula is C29H37BrN8O. The summed E-state index contributed by atoms with van der Waals surface area (Å²) in [6.07, 6.45) is 5.72. The minimum absolute atomic E-state index is 0.222. The van der Waals surface area contributed by atoms with Crippen LogP contribution >= 0.6 is 15.9 Å². The van der Waals surface area contributed by atoms with Crippen LogP contribution in [-0.4, -0.2) is 78.8 Å². The molecule has 2 unspecified atom stereocenters. The van der Waals surface area contributed by atoms with Crippen LogP contribution in [0.3, 0.4) is 0 Å². The quantitative estimate of drug-likeness (QED) is 0.426. The predicted molar refractivity (Wildman–Crippen MR) is 159 cm³/mol. The molecule has 39 heavy (non-hydrogen) atoms. The zero-order valence-corrected chi connectivity index (χ0v) is 24.4. The molecule has 7 rings (SSSR count). The number of nitrogens with zero attached hydrogens (tertiary/aromatic N) is 6. The molecule has 1 aliphatic carbocycles.